The molecule has 6 rings (SSSR count). The molecule has 6 heteroatoms. The first-order valence-electron chi connectivity index (χ1n) is 13.7. The summed E-state index contributed by atoms with van der Waals surface area (Å²) in [6, 6.07) is 39.2. The van der Waals surface area contributed by atoms with E-state index in [4.69, 9.17) is 15.6 Å². The third-order valence-corrected chi connectivity index (χ3v) is 7.55. The molecular weight excluding hydrogens is 520 g/mol. The molecule has 4 aromatic carbocycles. The maximum atomic E-state index is 11.9. The minimum atomic E-state index is -0.835. The highest BCUT2D eigenvalue weighted by Crippen LogP contribution is 2.44. The fourth-order valence-electron chi connectivity index (χ4n) is 5.63. The zero-order valence-electron chi connectivity index (χ0n) is 23.4. The summed E-state index contributed by atoms with van der Waals surface area (Å²) in [4.78, 5) is 16.3. The second kappa shape index (κ2) is 11.2. The first kappa shape index (κ1) is 26.7. The Kier molecular flexibility index (Phi) is 7.11. The standard InChI is InChI=1S/C36H30N4O2/c1-25-22-27(20-21-38-25)35-31-23-26(18-19-34(41)42-2)32(37)24-33(31)40(39-35)36(28-12-6-3-7-13-28,29-14-8-4-9-15-29)30-16-10-5-11-17-30/h3-24H,37H2,1-2H3/b19-18+. The largest absolute Gasteiger partial charge is 0.466 e. The summed E-state index contributed by atoms with van der Waals surface area (Å²) in [5, 5.41) is 6.31. The van der Waals surface area contributed by atoms with E-state index in [1.54, 1.807) is 12.3 Å². The van der Waals surface area contributed by atoms with Crippen LogP contribution in [0.15, 0.2) is 128 Å². The zero-order chi connectivity index (χ0) is 29.1. The Morgan fingerprint density at radius 1 is 0.833 bits per heavy atom. The number of ether oxygens (including phenoxy) is 1. The van der Waals surface area contributed by atoms with E-state index in [-0.39, 0.29) is 0 Å². The number of anilines is 1. The normalized spacial score (nSPS) is 11.7. The molecule has 0 spiro atoms. The number of hydrogen-bond acceptors (Lipinski definition) is 5. The van der Waals surface area contributed by atoms with Crippen molar-refractivity contribution < 1.29 is 9.53 Å². The zero-order valence-corrected chi connectivity index (χ0v) is 23.4. The van der Waals surface area contributed by atoms with Crippen LogP contribution in [0.5, 0.6) is 0 Å². The minimum absolute atomic E-state index is 0.452. The van der Waals surface area contributed by atoms with Crippen molar-refractivity contribution in [2.24, 2.45) is 0 Å². The predicted molar refractivity (Wildman–Crippen MR) is 168 cm³/mol. The second-order valence-electron chi connectivity index (χ2n) is 10.1. The summed E-state index contributed by atoms with van der Waals surface area (Å²) in [5.41, 5.74) is 13.7. The van der Waals surface area contributed by atoms with Crippen molar-refractivity contribution in [1.82, 2.24) is 14.8 Å². The van der Waals surface area contributed by atoms with Crippen molar-refractivity contribution in [2.75, 3.05) is 12.8 Å². The summed E-state index contributed by atoms with van der Waals surface area (Å²) < 4.78 is 6.91. The van der Waals surface area contributed by atoms with Crippen LogP contribution in [0.2, 0.25) is 0 Å². The molecule has 2 aromatic heterocycles. The Balaban J connectivity index is 1.77. The molecule has 0 bridgehead atoms. The highest BCUT2D eigenvalue weighted by molar-refractivity contribution is 5.99. The molecule has 0 aliphatic heterocycles. The molecule has 0 unspecified atom stereocenters. The van der Waals surface area contributed by atoms with Crippen molar-refractivity contribution in [1.29, 1.82) is 0 Å². The fourth-order valence-corrected chi connectivity index (χ4v) is 5.63. The Hall–Kier alpha value is -5.49. The Bertz CT molecular complexity index is 1800. The van der Waals surface area contributed by atoms with Gasteiger partial charge in [0.05, 0.1) is 12.6 Å². The van der Waals surface area contributed by atoms with Crippen molar-refractivity contribution in [2.45, 2.75) is 12.5 Å². The molecule has 0 aliphatic carbocycles. The third-order valence-electron chi connectivity index (χ3n) is 7.55. The molecule has 0 radical (unpaired) electrons. The van der Waals surface area contributed by atoms with Gasteiger partial charge in [-0.3, -0.25) is 4.98 Å². The molecule has 6 nitrogen and oxygen atoms in total. The number of methoxy groups -OCH3 is 1. The number of pyridine rings is 1. The number of aromatic nitrogens is 3. The van der Waals surface area contributed by atoms with E-state index >= 15 is 0 Å². The number of carbonyl (C=O) groups is 1. The van der Waals surface area contributed by atoms with E-state index in [0.29, 0.717) is 11.3 Å². The van der Waals surface area contributed by atoms with Gasteiger partial charge in [-0.1, -0.05) is 91.0 Å². The van der Waals surface area contributed by atoms with Crippen LogP contribution in [0.1, 0.15) is 27.9 Å². The monoisotopic (exact) mass is 550 g/mol. The van der Waals surface area contributed by atoms with Crippen molar-refractivity contribution in [3.05, 3.63) is 155 Å². The molecule has 0 fully saturated rings. The number of fused-ring (bicyclic) bond motifs is 1. The Labute approximate surface area is 244 Å². The van der Waals surface area contributed by atoms with E-state index in [2.05, 4.69) is 82.5 Å². The maximum absolute atomic E-state index is 11.9. The average molecular weight is 551 g/mol. The first-order valence-corrected chi connectivity index (χ1v) is 13.7. The summed E-state index contributed by atoms with van der Waals surface area (Å²) >= 11 is 0. The smallest absolute Gasteiger partial charge is 0.330 e. The Morgan fingerprint density at radius 3 is 1.93 bits per heavy atom. The van der Waals surface area contributed by atoms with Gasteiger partial charge >= 0.3 is 5.97 Å². The van der Waals surface area contributed by atoms with Gasteiger partial charge in [0.2, 0.25) is 0 Å². The summed E-state index contributed by atoms with van der Waals surface area (Å²) in [5.74, 6) is -0.452. The average Bonchev–Trinajstić information content (AvgIpc) is 3.40. The summed E-state index contributed by atoms with van der Waals surface area (Å²) in [6.07, 6.45) is 4.85. The molecular formula is C36H30N4O2. The highest BCUT2D eigenvalue weighted by atomic mass is 16.5. The van der Waals surface area contributed by atoms with E-state index in [1.165, 1.54) is 13.2 Å². The summed E-state index contributed by atoms with van der Waals surface area (Å²) in [6.45, 7) is 1.97. The lowest BCUT2D eigenvalue weighted by molar-refractivity contribution is -0.134. The van der Waals surface area contributed by atoms with Crippen molar-refractivity contribution in [3.63, 3.8) is 0 Å². The van der Waals surface area contributed by atoms with Crippen molar-refractivity contribution in [3.8, 4) is 11.3 Å². The molecule has 2 N–H and O–H groups in total. The molecule has 6 aromatic rings. The lowest BCUT2D eigenvalue weighted by atomic mass is 9.77. The van der Waals surface area contributed by atoms with Crippen LogP contribution in [0.25, 0.3) is 28.2 Å². The SMILES string of the molecule is COC(=O)/C=C/c1cc2c(-c3ccnc(C)c3)nn(C(c3ccccc3)(c3ccccc3)c3ccccc3)c2cc1N. The van der Waals surface area contributed by atoms with Gasteiger partial charge < -0.3 is 10.5 Å². The molecule has 206 valence electrons. The molecule has 0 saturated heterocycles. The number of nitrogens with two attached hydrogens (primary N) is 1. The number of rotatable bonds is 7. The third kappa shape index (κ3) is 4.63. The maximum Gasteiger partial charge on any atom is 0.330 e. The molecule has 0 amide bonds. The predicted octanol–water partition coefficient (Wildman–Crippen LogP) is 7.02. The van der Waals surface area contributed by atoms with Crippen LogP contribution in [-0.2, 0) is 15.1 Å². The molecule has 0 atom stereocenters. The van der Waals surface area contributed by atoms with Crippen LogP contribution >= 0.6 is 0 Å². The van der Waals surface area contributed by atoms with Gasteiger partial charge in [-0.2, -0.15) is 5.10 Å². The van der Waals surface area contributed by atoms with E-state index in [9.17, 15) is 4.79 Å². The number of aryl methyl sites for hydroxylation is 1. The Morgan fingerprint density at radius 2 is 1.40 bits per heavy atom. The van der Waals surface area contributed by atoms with Crippen LogP contribution < -0.4 is 5.73 Å². The van der Waals surface area contributed by atoms with Gasteiger partial charge in [-0.25, -0.2) is 9.48 Å². The van der Waals surface area contributed by atoms with Crippen LogP contribution in [0, 0.1) is 6.92 Å². The van der Waals surface area contributed by atoms with E-state index in [1.807, 2.05) is 49.4 Å². The number of hydrogen-bond donors (Lipinski definition) is 1. The number of nitrogen functional groups attached to an aromatic ring is 1. The van der Waals surface area contributed by atoms with Crippen LogP contribution in [-0.4, -0.2) is 27.8 Å². The minimum Gasteiger partial charge on any atom is -0.466 e. The number of nitrogens with zero attached hydrogens (tertiary/aromatic N) is 3. The van der Waals surface area contributed by atoms with Gasteiger partial charge in [0, 0.05) is 34.6 Å². The summed E-state index contributed by atoms with van der Waals surface area (Å²) in [7, 11) is 1.35. The van der Waals surface area contributed by atoms with Gasteiger partial charge in [-0.15, -0.1) is 0 Å². The fraction of sp³-hybridized carbons (Fsp3) is 0.0833. The van der Waals surface area contributed by atoms with Crippen LogP contribution in [0.3, 0.4) is 0 Å². The van der Waals surface area contributed by atoms with E-state index in [0.717, 1.165) is 44.5 Å². The lowest BCUT2D eigenvalue weighted by Crippen LogP contribution is -2.38. The quantitative estimate of drug-likeness (QED) is 0.100. The molecule has 0 aliphatic rings. The van der Waals surface area contributed by atoms with Crippen LogP contribution in [0.4, 0.5) is 5.69 Å². The van der Waals surface area contributed by atoms with Gasteiger partial charge in [-0.05, 0) is 59.5 Å². The molecule has 0 saturated carbocycles. The molecule has 42 heavy (non-hydrogen) atoms. The second-order valence-corrected chi connectivity index (χ2v) is 10.1. The van der Waals surface area contributed by atoms with Gasteiger partial charge in [0.25, 0.3) is 0 Å². The lowest BCUT2D eigenvalue weighted by Gasteiger charge is -2.37. The number of benzene rings is 4. The first-order chi connectivity index (χ1) is 20.5. The number of carbonyl (C=O) groups excluding carboxylic acids is 1. The number of esters is 1. The van der Waals surface area contributed by atoms with Gasteiger partial charge in [0.1, 0.15) is 11.2 Å². The molecule has 2 heterocycles. The highest BCUT2D eigenvalue weighted by Gasteiger charge is 2.41. The van der Waals surface area contributed by atoms with Crippen molar-refractivity contribution >= 4 is 28.6 Å². The van der Waals surface area contributed by atoms with Gasteiger partial charge in [0.15, 0.2) is 0 Å². The topological polar surface area (TPSA) is 83.0 Å². The van der Waals surface area contributed by atoms with E-state index < -0.39 is 11.5 Å².